The van der Waals surface area contributed by atoms with Crippen LogP contribution in [0.15, 0.2) is 48.8 Å². The van der Waals surface area contributed by atoms with E-state index in [1.807, 2.05) is 56.3 Å². The Morgan fingerprint density at radius 2 is 1.89 bits per heavy atom. The molecule has 0 saturated heterocycles. The van der Waals surface area contributed by atoms with E-state index in [1.165, 1.54) is 18.3 Å². The summed E-state index contributed by atoms with van der Waals surface area (Å²) in [7, 11) is 2.81. The average Bonchev–Trinajstić information content (AvgIpc) is 3.28. The highest BCUT2D eigenvalue weighted by Gasteiger charge is 2.50. The molecular weight excluding hydrogens is 448 g/mol. The molecule has 2 aromatic carbocycles. The number of nitrogens with one attached hydrogen (secondary N) is 1. The van der Waals surface area contributed by atoms with E-state index in [2.05, 4.69) is 10.3 Å². The first-order chi connectivity index (χ1) is 16.7. The van der Waals surface area contributed by atoms with Gasteiger partial charge in [-0.3, -0.25) is 14.5 Å². The molecule has 1 N–H and O–H groups in total. The van der Waals surface area contributed by atoms with Crippen molar-refractivity contribution in [3.8, 4) is 5.75 Å². The highest BCUT2D eigenvalue weighted by atomic mass is 16.5. The van der Waals surface area contributed by atoms with Crippen molar-refractivity contribution in [2.75, 3.05) is 19.1 Å². The van der Waals surface area contributed by atoms with Crippen LogP contribution in [0.2, 0.25) is 0 Å². The van der Waals surface area contributed by atoms with Gasteiger partial charge in [-0.25, -0.2) is 9.78 Å². The van der Waals surface area contributed by atoms with Gasteiger partial charge in [-0.2, -0.15) is 0 Å². The molecule has 0 aliphatic carbocycles. The number of anilines is 1. The Bertz CT molecular complexity index is 1310. The first-order valence-electron chi connectivity index (χ1n) is 11.2. The lowest BCUT2D eigenvalue weighted by Gasteiger charge is -2.44. The lowest BCUT2D eigenvalue weighted by molar-refractivity contribution is -0.126. The molecule has 182 valence electrons. The number of carbonyl (C=O) groups excluding carboxylic acids is 3. The monoisotopic (exact) mass is 476 g/mol. The van der Waals surface area contributed by atoms with Crippen molar-refractivity contribution >= 4 is 23.5 Å². The van der Waals surface area contributed by atoms with Gasteiger partial charge < -0.3 is 19.4 Å². The van der Waals surface area contributed by atoms with Crippen LogP contribution in [0.4, 0.5) is 5.69 Å². The number of aromatic nitrogens is 2. The third-order valence-electron chi connectivity index (χ3n) is 6.32. The summed E-state index contributed by atoms with van der Waals surface area (Å²) < 4.78 is 11.8. The van der Waals surface area contributed by atoms with Crippen LogP contribution in [0, 0.1) is 13.8 Å². The molecule has 35 heavy (non-hydrogen) atoms. The molecule has 4 rings (SSSR count). The molecule has 0 spiro atoms. The molecule has 0 radical (unpaired) electrons. The predicted molar refractivity (Wildman–Crippen MR) is 130 cm³/mol. The number of methoxy groups -OCH3 is 2. The van der Waals surface area contributed by atoms with Crippen molar-refractivity contribution in [3.05, 3.63) is 76.9 Å². The number of aryl methyl sites for hydroxylation is 2. The van der Waals surface area contributed by atoms with Gasteiger partial charge in [0.25, 0.3) is 5.91 Å². The van der Waals surface area contributed by atoms with Crippen molar-refractivity contribution in [2.24, 2.45) is 0 Å². The van der Waals surface area contributed by atoms with Crippen molar-refractivity contribution in [3.63, 3.8) is 0 Å². The summed E-state index contributed by atoms with van der Waals surface area (Å²) in [5.41, 5.74) is 1.86. The molecule has 1 aliphatic rings. The second kappa shape index (κ2) is 9.25. The summed E-state index contributed by atoms with van der Waals surface area (Å²) in [6, 6.07) is 13.1. The number of benzene rings is 2. The van der Waals surface area contributed by atoms with Gasteiger partial charge in [0.15, 0.2) is 5.69 Å². The minimum Gasteiger partial charge on any atom is -0.496 e. The van der Waals surface area contributed by atoms with Crippen molar-refractivity contribution in [1.82, 2.24) is 14.9 Å². The Morgan fingerprint density at radius 1 is 1.14 bits per heavy atom. The Balaban J connectivity index is 1.79. The zero-order valence-electron chi connectivity index (χ0n) is 20.4. The largest absolute Gasteiger partial charge is 0.496 e. The van der Waals surface area contributed by atoms with Crippen LogP contribution in [-0.4, -0.2) is 47.1 Å². The molecule has 0 saturated carbocycles. The SMILES string of the molecule is COC(=O)c1ncn2c1C(=O)N(c1cc(C)ccc1C)C(C)(C(=O)NCc1ccccc1OC)C2. The van der Waals surface area contributed by atoms with Crippen molar-refractivity contribution in [2.45, 2.75) is 39.4 Å². The van der Waals surface area contributed by atoms with E-state index < -0.39 is 17.4 Å². The molecule has 0 fully saturated rings. The first kappa shape index (κ1) is 24.0. The number of hydrogen-bond acceptors (Lipinski definition) is 6. The van der Waals surface area contributed by atoms with E-state index in [4.69, 9.17) is 9.47 Å². The average molecular weight is 477 g/mol. The normalized spacial score (nSPS) is 17.1. The molecule has 1 aromatic heterocycles. The van der Waals surface area contributed by atoms with Gasteiger partial charge in [-0.15, -0.1) is 0 Å². The Kier molecular flexibility index (Phi) is 6.34. The smallest absolute Gasteiger partial charge is 0.359 e. The Labute approximate surface area is 203 Å². The van der Waals surface area contributed by atoms with Gasteiger partial charge in [0.1, 0.15) is 17.0 Å². The van der Waals surface area contributed by atoms with Crippen LogP contribution in [0.1, 0.15) is 44.6 Å². The maximum absolute atomic E-state index is 13.9. The molecule has 1 unspecified atom stereocenters. The quantitative estimate of drug-likeness (QED) is 0.549. The second-order valence-electron chi connectivity index (χ2n) is 8.76. The van der Waals surface area contributed by atoms with Gasteiger partial charge >= 0.3 is 5.97 Å². The number of carbonyl (C=O) groups is 3. The minimum atomic E-state index is -1.31. The molecule has 2 amide bonds. The fourth-order valence-corrected chi connectivity index (χ4v) is 4.43. The summed E-state index contributed by atoms with van der Waals surface area (Å²) in [5, 5.41) is 2.97. The number of fused-ring (bicyclic) bond motifs is 1. The van der Waals surface area contributed by atoms with Gasteiger partial charge in [-0.05, 0) is 44.0 Å². The molecule has 0 bridgehead atoms. The third kappa shape index (κ3) is 4.14. The van der Waals surface area contributed by atoms with E-state index in [0.717, 1.165) is 16.7 Å². The van der Waals surface area contributed by atoms with Crippen molar-refractivity contribution < 1.29 is 23.9 Å². The summed E-state index contributed by atoms with van der Waals surface area (Å²) in [4.78, 5) is 45.6. The summed E-state index contributed by atoms with van der Waals surface area (Å²) in [5.74, 6) is -0.907. The molecular formula is C26H28N4O5. The maximum Gasteiger partial charge on any atom is 0.359 e. The lowest BCUT2D eigenvalue weighted by Crippen LogP contribution is -2.64. The number of rotatable bonds is 6. The first-order valence-corrected chi connectivity index (χ1v) is 11.2. The molecule has 2 heterocycles. The summed E-state index contributed by atoms with van der Waals surface area (Å²) >= 11 is 0. The number of amides is 2. The number of esters is 1. The molecule has 9 nitrogen and oxygen atoms in total. The number of hydrogen-bond donors (Lipinski definition) is 1. The molecule has 9 heteroatoms. The number of para-hydroxylation sites is 1. The minimum absolute atomic E-state index is 0.0794. The standard InChI is InChI=1S/C26H28N4O5/c1-16-10-11-17(2)19(12-16)30-23(31)22-21(24(32)35-5)28-15-29(22)14-26(30,3)25(33)27-13-18-8-6-7-9-20(18)34-4/h6-12,15H,13-14H2,1-5H3,(H,27,33). The topological polar surface area (TPSA) is 103 Å². The predicted octanol–water partition coefficient (Wildman–Crippen LogP) is 3.03. The van der Waals surface area contributed by atoms with Gasteiger partial charge in [0, 0.05) is 17.8 Å². The van der Waals surface area contributed by atoms with Gasteiger partial charge in [0.2, 0.25) is 5.91 Å². The molecule has 3 aromatic rings. The van der Waals surface area contributed by atoms with E-state index in [9.17, 15) is 14.4 Å². The summed E-state index contributed by atoms with van der Waals surface area (Å²) in [6.45, 7) is 5.83. The fourth-order valence-electron chi connectivity index (χ4n) is 4.43. The Hall–Kier alpha value is -4.14. The van der Waals surface area contributed by atoms with Gasteiger partial charge in [-0.1, -0.05) is 30.3 Å². The van der Waals surface area contributed by atoms with E-state index >= 15 is 0 Å². The summed E-state index contributed by atoms with van der Waals surface area (Å²) in [6.07, 6.45) is 1.39. The van der Waals surface area contributed by atoms with Crippen molar-refractivity contribution in [1.29, 1.82) is 0 Å². The highest BCUT2D eigenvalue weighted by Crippen LogP contribution is 2.36. The van der Waals surface area contributed by atoms with E-state index in [1.54, 1.807) is 18.6 Å². The maximum atomic E-state index is 13.9. The number of nitrogens with zero attached hydrogens (tertiary/aromatic N) is 3. The van der Waals surface area contributed by atoms with Crippen LogP contribution < -0.4 is 15.0 Å². The molecule has 1 aliphatic heterocycles. The second-order valence-corrected chi connectivity index (χ2v) is 8.76. The van der Waals surface area contributed by atoms with Crippen LogP contribution in [0.25, 0.3) is 0 Å². The van der Waals surface area contributed by atoms with Crippen LogP contribution in [0.3, 0.4) is 0 Å². The third-order valence-corrected chi connectivity index (χ3v) is 6.32. The molecule has 1 atom stereocenters. The van der Waals surface area contributed by atoms with Crippen LogP contribution in [-0.2, 0) is 22.6 Å². The highest BCUT2D eigenvalue weighted by molar-refractivity contribution is 6.15. The van der Waals surface area contributed by atoms with E-state index in [0.29, 0.717) is 11.4 Å². The lowest BCUT2D eigenvalue weighted by atomic mass is 9.92. The number of imidazole rings is 1. The van der Waals surface area contributed by atoms with Crippen LogP contribution >= 0.6 is 0 Å². The van der Waals surface area contributed by atoms with Crippen LogP contribution in [0.5, 0.6) is 5.75 Å². The van der Waals surface area contributed by atoms with E-state index in [-0.39, 0.29) is 30.4 Å². The fraction of sp³-hybridized carbons (Fsp3) is 0.308. The zero-order valence-corrected chi connectivity index (χ0v) is 20.4. The Morgan fingerprint density at radius 3 is 2.60 bits per heavy atom. The van der Waals surface area contributed by atoms with Gasteiger partial charge in [0.05, 0.1) is 27.1 Å². The number of ether oxygens (including phenoxy) is 2. The zero-order chi connectivity index (χ0) is 25.3.